The molecule has 4 nitrogen and oxygen atoms in total. The van der Waals surface area contributed by atoms with Crippen molar-refractivity contribution in [2.24, 2.45) is 0 Å². The van der Waals surface area contributed by atoms with Gasteiger partial charge in [0.25, 0.3) is 0 Å². The molecule has 0 saturated heterocycles. The van der Waals surface area contributed by atoms with Crippen molar-refractivity contribution >= 4 is 17.2 Å². The van der Waals surface area contributed by atoms with Crippen LogP contribution in [0.4, 0.5) is 17.2 Å². The number of benzene rings is 2. The van der Waals surface area contributed by atoms with Crippen molar-refractivity contribution in [3.8, 4) is 11.1 Å². The number of nitrogens with two attached hydrogens (primary N) is 1. The maximum absolute atomic E-state index is 5.80. The molecule has 0 radical (unpaired) electrons. The van der Waals surface area contributed by atoms with Crippen LogP contribution >= 0.6 is 0 Å². The van der Waals surface area contributed by atoms with Crippen molar-refractivity contribution in [1.29, 1.82) is 0 Å². The second kappa shape index (κ2) is 5.40. The summed E-state index contributed by atoms with van der Waals surface area (Å²) in [6.45, 7) is 0. The zero-order valence-corrected chi connectivity index (χ0v) is 10.8. The van der Waals surface area contributed by atoms with E-state index < -0.39 is 0 Å². The Bertz CT molecular complexity index is 693. The third-order valence-electron chi connectivity index (χ3n) is 3.00. The molecule has 3 aromatic rings. The molecule has 4 heteroatoms. The number of nitrogen functional groups attached to an aromatic ring is 1. The minimum Gasteiger partial charge on any atom is -0.394 e. The molecule has 0 fully saturated rings. The highest BCUT2D eigenvalue weighted by Gasteiger charge is 2.01. The lowest BCUT2D eigenvalue weighted by Crippen LogP contribution is -1.99. The molecule has 0 amide bonds. The minimum atomic E-state index is 0.527. The van der Waals surface area contributed by atoms with Crippen molar-refractivity contribution in [2.45, 2.75) is 0 Å². The van der Waals surface area contributed by atoms with Crippen LogP contribution in [0.5, 0.6) is 0 Å². The molecule has 0 spiro atoms. The van der Waals surface area contributed by atoms with Gasteiger partial charge in [0.1, 0.15) is 6.33 Å². The zero-order valence-electron chi connectivity index (χ0n) is 10.8. The van der Waals surface area contributed by atoms with Gasteiger partial charge in [-0.05, 0) is 23.3 Å². The van der Waals surface area contributed by atoms with Crippen LogP contribution in [-0.4, -0.2) is 9.97 Å². The van der Waals surface area contributed by atoms with Gasteiger partial charge in [-0.3, -0.25) is 0 Å². The molecule has 0 aliphatic heterocycles. The number of hydrogen-bond acceptors (Lipinski definition) is 4. The smallest absolute Gasteiger partial charge is 0.157 e. The van der Waals surface area contributed by atoms with E-state index in [0.717, 1.165) is 5.69 Å². The van der Waals surface area contributed by atoms with E-state index >= 15 is 0 Å². The molecule has 0 saturated carbocycles. The van der Waals surface area contributed by atoms with Crippen LogP contribution in [0.2, 0.25) is 0 Å². The average Bonchev–Trinajstić information content (AvgIpc) is 2.51. The molecule has 20 heavy (non-hydrogen) atoms. The Morgan fingerprint density at radius 3 is 2.25 bits per heavy atom. The maximum atomic E-state index is 5.80. The minimum absolute atomic E-state index is 0.527. The van der Waals surface area contributed by atoms with Gasteiger partial charge in [0.15, 0.2) is 5.82 Å². The fraction of sp³-hybridized carbons (Fsp3) is 0. The fourth-order valence-corrected chi connectivity index (χ4v) is 1.96. The molecule has 0 aliphatic carbocycles. The monoisotopic (exact) mass is 262 g/mol. The van der Waals surface area contributed by atoms with Gasteiger partial charge < -0.3 is 11.1 Å². The van der Waals surface area contributed by atoms with E-state index in [1.54, 1.807) is 6.20 Å². The molecular weight excluding hydrogens is 248 g/mol. The lowest BCUT2D eigenvalue weighted by atomic mass is 10.1. The van der Waals surface area contributed by atoms with E-state index in [0.29, 0.717) is 11.5 Å². The van der Waals surface area contributed by atoms with Gasteiger partial charge >= 0.3 is 0 Å². The van der Waals surface area contributed by atoms with Crippen LogP contribution in [0, 0.1) is 0 Å². The summed E-state index contributed by atoms with van der Waals surface area (Å²) < 4.78 is 0. The first-order valence-electron chi connectivity index (χ1n) is 6.31. The molecule has 0 bridgehead atoms. The Balaban J connectivity index is 1.82. The SMILES string of the molecule is Nc1cncnc1Nc1ccc(-c2ccccc2)cc1. The lowest BCUT2D eigenvalue weighted by Gasteiger charge is -2.08. The van der Waals surface area contributed by atoms with Crippen LogP contribution in [0.1, 0.15) is 0 Å². The Hall–Kier alpha value is -2.88. The summed E-state index contributed by atoms with van der Waals surface area (Å²) in [4.78, 5) is 7.97. The van der Waals surface area contributed by atoms with E-state index in [1.807, 2.05) is 30.3 Å². The molecule has 1 aromatic heterocycles. The van der Waals surface area contributed by atoms with Gasteiger partial charge in [-0.15, -0.1) is 0 Å². The summed E-state index contributed by atoms with van der Waals surface area (Å²) in [5.41, 5.74) is 9.64. The second-order valence-corrected chi connectivity index (χ2v) is 4.40. The third kappa shape index (κ3) is 2.59. The number of nitrogens with zero attached hydrogens (tertiary/aromatic N) is 2. The van der Waals surface area contributed by atoms with E-state index in [4.69, 9.17) is 5.73 Å². The largest absolute Gasteiger partial charge is 0.394 e. The van der Waals surface area contributed by atoms with Crippen molar-refractivity contribution in [3.05, 3.63) is 67.1 Å². The summed E-state index contributed by atoms with van der Waals surface area (Å²) in [6.07, 6.45) is 3.05. The van der Waals surface area contributed by atoms with Crippen LogP contribution in [0.3, 0.4) is 0 Å². The van der Waals surface area contributed by atoms with Gasteiger partial charge in [-0.2, -0.15) is 0 Å². The molecule has 3 rings (SSSR count). The molecule has 0 unspecified atom stereocenters. The number of aromatic nitrogens is 2. The van der Waals surface area contributed by atoms with Gasteiger partial charge in [0.05, 0.1) is 11.9 Å². The van der Waals surface area contributed by atoms with E-state index in [-0.39, 0.29) is 0 Å². The van der Waals surface area contributed by atoms with Crippen molar-refractivity contribution in [3.63, 3.8) is 0 Å². The second-order valence-electron chi connectivity index (χ2n) is 4.40. The average molecular weight is 262 g/mol. The predicted octanol–water partition coefficient (Wildman–Crippen LogP) is 3.47. The van der Waals surface area contributed by atoms with Crippen molar-refractivity contribution in [2.75, 3.05) is 11.1 Å². The molecular formula is C16H14N4. The number of rotatable bonds is 3. The topological polar surface area (TPSA) is 63.8 Å². The summed E-state index contributed by atoms with van der Waals surface area (Å²) in [5, 5.41) is 3.17. The summed E-state index contributed by atoms with van der Waals surface area (Å²) >= 11 is 0. The summed E-state index contributed by atoms with van der Waals surface area (Å²) in [7, 11) is 0. The highest BCUT2D eigenvalue weighted by atomic mass is 15.0. The normalized spacial score (nSPS) is 10.2. The standard InChI is InChI=1S/C16H14N4/c17-15-10-18-11-19-16(15)20-14-8-6-13(7-9-14)12-4-2-1-3-5-12/h1-11H,17H2,(H,18,19,20). The quantitative estimate of drug-likeness (QED) is 0.758. The lowest BCUT2D eigenvalue weighted by molar-refractivity contribution is 1.17. The van der Waals surface area contributed by atoms with Crippen molar-refractivity contribution < 1.29 is 0 Å². The van der Waals surface area contributed by atoms with Crippen LogP contribution in [-0.2, 0) is 0 Å². The van der Waals surface area contributed by atoms with Crippen LogP contribution < -0.4 is 11.1 Å². The van der Waals surface area contributed by atoms with Crippen LogP contribution in [0.25, 0.3) is 11.1 Å². The van der Waals surface area contributed by atoms with E-state index in [2.05, 4.69) is 39.6 Å². The first-order chi connectivity index (χ1) is 9.83. The first-order valence-corrected chi connectivity index (χ1v) is 6.31. The molecule has 0 aliphatic rings. The number of nitrogens with one attached hydrogen (secondary N) is 1. The maximum Gasteiger partial charge on any atom is 0.157 e. The number of hydrogen-bond donors (Lipinski definition) is 2. The Morgan fingerprint density at radius 2 is 1.55 bits per heavy atom. The summed E-state index contributed by atoms with van der Waals surface area (Å²) in [6, 6.07) is 18.4. The van der Waals surface area contributed by atoms with Gasteiger partial charge in [-0.25, -0.2) is 9.97 Å². The van der Waals surface area contributed by atoms with Gasteiger partial charge in [0, 0.05) is 5.69 Å². The van der Waals surface area contributed by atoms with E-state index in [9.17, 15) is 0 Å². The van der Waals surface area contributed by atoms with Crippen LogP contribution in [0.15, 0.2) is 67.1 Å². The summed E-state index contributed by atoms with van der Waals surface area (Å²) in [5.74, 6) is 0.618. The Kier molecular flexibility index (Phi) is 3.29. The first kappa shape index (κ1) is 12.2. The zero-order chi connectivity index (χ0) is 13.8. The Labute approximate surface area is 117 Å². The Morgan fingerprint density at radius 1 is 0.850 bits per heavy atom. The molecule has 2 aromatic carbocycles. The van der Waals surface area contributed by atoms with E-state index in [1.165, 1.54) is 17.5 Å². The molecule has 0 atom stereocenters. The molecule has 3 N–H and O–H groups in total. The highest BCUT2D eigenvalue weighted by Crippen LogP contribution is 2.23. The van der Waals surface area contributed by atoms with Crippen molar-refractivity contribution in [1.82, 2.24) is 9.97 Å². The van der Waals surface area contributed by atoms with Gasteiger partial charge in [-0.1, -0.05) is 42.5 Å². The predicted molar refractivity (Wildman–Crippen MR) is 81.6 cm³/mol. The van der Waals surface area contributed by atoms with Gasteiger partial charge in [0.2, 0.25) is 0 Å². The number of anilines is 3. The third-order valence-corrected chi connectivity index (χ3v) is 3.00. The molecule has 98 valence electrons. The highest BCUT2D eigenvalue weighted by molar-refractivity contribution is 5.71. The molecule has 1 heterocycles. The fourth-order valence-electron chi connectivity index (χ4n) is 1.96.